The largest absolute Gasteiger partial charge is 0.468 e. The fourth-order valence-corrected chi connectivity index (χ4v) is 4.46. The van der Waals surface area contributed by atoms with Crippen LogP contribution in [0.1, 0.15) is 44.4 Å². The van der Waals surface area contributed by atoms with Gasteiger partial charge in [-0.2, -0.15) is 5.26 Å². The number of amides is 1. The number of nitrogens with zero attached hydrogens (tertiary/aromatic N) is 1. The van der Waals surface area contributed by atoms with Crippen LogP contribution in [0.25, 0.3) is 5.70 Å². The Morgan fingerprint density at radius 2 is 2.00 bits per heavy atom. The lowest BCUT2D eigenvalue weighted by molar-refractivity contribution is -0.138. The molecule has 1 amide bonds. The molecule has 0 aliphatic carbocycles. The van der Waals surface area contributed by atoms with Gasteiger partial charge in [0.05, 0.1) is 52.5 Å². The maximum Gasteiger partial charge on any atom is 0.337 e. The van der Waals surface area contributed by atoms with Crippen molar-refractivity contribution in [3.05, 3.63) is 76.2 Å². The van der Waals surface area contributed by atoms with E-state index in [1.165, 1.54) is 18.0 Å². The van der Waals surface area contributed by atoms with E-state index in [0.29, 0.717) is 40.1 Å². The molecule has 2 N–H and O–H groups in total. The van der Waals surface area contributed by atoms with Crippen LogP contribution in [0, 0.1) is 17.2 Å². The highest BCUT2D eigenvalue weighted by Gasteiger charge is 2.38. The van der Waals surface area contributed by atoms with Gasteiger partial charge in [0.1, 0.15) is 5.76 Å². The second-order valence-electron chi connectivity index (χ2n) is 8.12. The predicted octanol–water partition coefficient (Wildman–Crippen LogP) is 4.57. The second kappa shape index (κ2) is 12.1. The Labute approximate surface area is 204 Å². The zero-order valence-corrected chi connectivity index (χ0v) is 20.4. The zero-order valence-electron chi connectivity index (χ0n) is 19.6. The van der Waals surface area contributed by atoms with Crippen LogP contribution < -0.4 is 10.6 Å². The van der Waals surface area contributed by atoms with Crippen LogP contribution in [0.15, 0.2) is 69.3 Å². The van der Waals surface area contributed by atoms with Crippen LogP contribution in [-0.4, -0.2) is 30.8 Å². The fourth-order valence-electron chi connectivity index (χ4n) is 3.59. The van der Waals surface area contributed by atoms with Crippen LogP contribution in [0.5, 0.6) is 0 Å². The Balaban J connectivity index is 2.00. The summed E-state index contributed by atoms with van der Waals surface area (Å²) in [7, 11) is 0. The summed E-state index contributed by atoms with van der Waals surface area (Å²) in [6, 6.07) is 15.1. The molecule has 34 heavy (non-hydrogen) atoms. The van der Waals surface area contributed by atoms with E-state index < -0.39 is 11.9 Å². The summed E-state index contributed by atoms with van der Waals surface area (Å²) in [4.78, 5) is 25.5. The molecule has 2 heterocycles. The van der Waals surface area contributed by atoms with Crippen molar-refractivity contribution in [2.24, 2.45) is 5.92 Å². The molecule has 1 aromatic carbocycles. The number of allylic oxidation sites excluding steroid dienone is 1. The van der Waals surface area contributed by atoms with E-state index in [9.17, 15) is 14.9 Å². The predicted molar refractivity (Wildman–Crippen MR) is 132 cm³/mol. The Morgan fingerprint density at radius 3 is 2.62 bits per heavy atom. The molecule has 0 fully saturated rings. The number of carbonyl (C=O) groups is 2. The first kappa shape index (κ1) is 25.2. The molecule has 1 aliphatic rings. The van der Waals surface area contributed by atoms with Crippen molar-refractivity contribution in [3.8, 4) is 6.07 Å². The third-order valence-corrected chi connectivity index (χ3v) is 6.24. The molecule has 1 atom stereocenters. The van der Waals surface area contributed by atoms with Gasteiger partial charge in [-0.05, 0) is 37.0 Å². The summed E-state index contributed by atoms with van der Waals surface area (Å²) in [6.45, 7) is 6.73. The lowest BCUT2D eigenvalue weighted by atomic mass is 9.84. The van der Waals surface area contributed by atoms with E-state index in [1.807, 2.05) is 30.3 Å². The van der Waals surface area contributed by atoms with Crippen molar-refractivity contribution in [1.29, 1.82) is 5.26 Å². The lowest BCUT2D eigenvalue weighted by Gasteiger charge is -2.29. The molecular formula is C26H29N3O4S. The minimum Gasteiger partial charge on any atom is -0.468 e. The second-order valence-corrected chi connectivity index (χ2v) is 9.11. The molecule has 178 valence electrons. The molecule has 3 rings (SSSR count). The number of thioether (sulfide) groups is 1. The first-order valence-electron chi connectivity index (χ1n) is 11.3. The monoisotopic (exact) mass is 479 g/mol. The summed E-state index contributed by atoms with van der Waals surface area (Å²) >= 11 is 1.23. The number of ether oxygens (including phenoxy) is 1. The number of benzene rings is 1. The third-order valence-electron chi connectivity index (χ3n) is 5.23. The van der Waals surface area contributed by atoms with Crippen LogP contribution in [0.2, 0.25) is 0 Å². The number of dihydropyridines is 1. The fraction of sp³-hybridized carbons (Fsp3) is 0.346. The molecule has 0 spiro atoms. The van der Waals surface area contributed by atoms with Gasteiger partial charge in [0, 0.05) is 6.54 Å². The van der Waals surface area contributed by atoms with Gasteiger partial charge in [0.2, 0.25) is 5.91 Å². The molecule has 0 radical (unpaired) electrons. The number of carbonyl (C=O) groups excluding carboxylic acids is 2. The number of hydrogen-bond donors (Lipinski definition) is 2. The molecule has 1 aliphatic heterocycles. The topological polar surface area (TPSA) is 104 Å². The quantitative estimate of drug-likeness (QED) is 0.481. The van der Waals surface area contributed by atoms with E-state index in [-0.39, 0.29) is 18.3 Å². The Kier molecular flexibility index (Phi) is 9.00. The van der Waals surface area contributed by atoms with E-state index in [4.69, 9.17) is 9.15 Å². The minimum absolute atomic E-state index is 0.117. The van der Waals surface area contributed by atoms with Crippen molar-refractivity contribution in [2.45, 2.75) is 33.1 Å². The summed E-state index contributed by atoms with van der Waals surface area (Å²) in [5.41, 5.74) is 1.89. The molecule has 7 nitrogen and oxygen atoms in total. The average Bonchev–Trinajstić information content (AvgIpc) is 3.36. The molecule has 0 bridgehead atoms. The summed E-state index contributed by atoms with van der Waals surface area (Å²) in [6.07, 6.45) is 2.40. The highest BCUT2D eigenvalue weighted by Crippen LogP contribution is 2.43. The number of nitriles is 1. The normalized spacial score (nSPS) is 15.7. The van der Waals surface area contributed by atoms with Gasteiger partial charge in [0.25, 0.3) is 0 Å². The molecule has 0 saturated carbocycles. The third kappa shape index (κ3) is 6.12. The standard InChI is InChI=1S/C26H29N3O4S/c1-4-32-26(31)23-22(20-11-8-14-33-20)19(15-27)25(29-24(23)18-9-6-5-7-10-18)34-16-21(30)28-13-12-17(2)3/h5-11,14,17,22,29H,4,12-13,16H2,1-3H3,(H,28,30). The smallest absolute Gasteiger partial charge is 0.337 e. The first-order chi connectivity index (χ1) is 16.5. The number of rotatable bonds is 10. The minimum atomic E-state index is -0.762. The van der Waals surface area contributed by atoms with Gasteiger partial charge >= 0.3 is 5.97 Å². The van der Waals surface area contributed by atoms with Crippen molar-refractivity contribution >= 4 is 29.3 Å². The van der Waals surface area contributed by atoms with Crippen molar-refractivity contribution in [2.75, 3.05) is 18.9 Å². The first-order valence-corrected chi connectivity index (χ1v) is 12.3. The summed E-state index contributed by atoms with van der Waals surface area (Å²) < 4.78 is 11.0. The Morgan fingerprint density at radius 1 is 1.24 bits per heavy atom. The number of hydrogen-bond acceptors (Lipinski definition) is 7. The van der Waals surface area contributed by atoms with Gasteiger partial charge in [-0.25, -0.2) is 4.79 Å². The number of esters is 1. The average molecular weight is 480 g/mol. The van der Waals surface area contributed by atoms with Crippen molar-refractivity contribution in [1.82, 2.24) is 10.6 Å². The van der Waals surface area contributed by atoms with Gasteiger partial charge in [-0.3, -0.25) is 4.79 Å². The summed E-state index contributed by atoms with van der Waals surface area (Å²) in [5.74, 6) is -0.328. The molecule has 0 saturated heterocycles. The van der Waals surface area contributed by atoms with Gasteiger partial charge in [0.15, 0.2) is 0 Å². The SMILES string of the molecule is CCOC(=O)C1=C(c2ccccc2)NC(SCC(=O)NCCC(C)C)=C(C#N)C1c1ccco1. The molecule has 1 aromatic heterocycles. The highest BCUT2D eigenvalue weighted by atomic mass is 32.2. The number of nitrogens with one attached hydrogen (secondary N) is 2. The number of furan rings is 1. The van der Waals surface area contributed by atoms with Crippen molar-refractivity contribution < 1.29 is 18.7 Å². The van der Waals surface area contributed by atoms with E-state index >= 15 is 0 Å². The lowest BCUT2D eigenvalue weighted by Crippen LogP contribution is -2.31. The Bertz CT molecular complexity index is 1100. The Hall–Kier alpha value is -3.44. The van der Waals surface area contributed by atoms with Gasteiger partial charge in [-0.15, -0.1) is 0 Å². The summed E-state index contributed by atoms with van der Waals surface area (Å²) in [5, 5.41) is 16.8. The van der Waals surface area contributed by atoms with E-state index in [0.717, 1.165) is 12.0 Å². The van der Waals surface area contributed by atoms with E-state index in [2.05, 4.69) is 30.6 Å². The van der Waals surface area contributed by atoms with Gasteiger partial charge < -0.3 is 19.8 Å². The highest BCUT2D eigenvalue weighted by molar-refractivity contribution is 8.03. The van der Waals surface area contributed by atoms with E-state index in [1.54, 1.807) is 19.1 Å². The maximum atomic E-state index is 13.1. The molecule has 8 heteroatoms. The van der Waals surface area contributed by atoms with Gasteiger partial charge in [-0.1, -0.05) is 55.9 Å². The molecular weight excluding hydrogens is 450 g/mol. The maximum absolute atomic E-state index is 13.1. The van der Waals surface area contributed by atoms with Crippen molar-refractivity contribution in [3.63, 3.8) is 0 Å². The van der Waals surface area contributed by atoms with Crippen LogP contribution in [0.3, 0.4) is 0 Å². The van der Waals surface area contributed by atoms with Crippen LogP contribution >= 0.6 is 11.8 Å². The molecule has 1 unspecified atom stereocenters. The zero-order chi connectivity index (χ0) is 24.5. The molecule has 2 aromatic rings. The van der Waals surface area contributed by atoms with Crippen LogP contribution in [0.4, 0.5) is 0 Å². The van der Waals surface area contributed by atoms with Crippen LogP contribution in [-0.2, 0) is 14.3 Å².